The van der Waals surface area contributed by atoms with Gasteiger partial charge < -0.3 is 15.4 Å². The van der Waals surface area contributed by atoms with Crippen LogP contribution in [0.2, 0.25) is 0 Å². The van der Waals surface area contributed by atoms with Gasteiger partial charge in [0.05, 0.1) is 0 Å². The molecule has 2 N–H and O–H groups in total. The van der Waals surface area contributed by atoms with Crippen LogP contribution >= 0.6 is 0 Å². The number of benzene rings is 1. The Morgan fingerprint density at radius 1 is 1.38 bits per heavy atom. The van der Waals surface area contributed by atoms with Crippen molar-refractivity contribution in [1.29, 1.82) is 0 Å². The first kappa shape index (κ1) is 12.7. The predicted molar refractivity (Wildman–Crippen MR) is 64.2 cm³/mol. The number of ether oxygens (including phenoxy) is 1. The van der Waals surface area contributed by atoms with Crippen LogP contribution in [0, 0.1) is 0 Å². The molecule has 0 aliphatic carbocycles. The average molecular weight is 222 g/mol. The Kier molecular flexibility index (Phi) is 4.95. The highest BCUT2D eigenvalue weighted by molar-refractivity contribution is 5.93. The molecule has 0 unspecified atom stereocenters. The number of carbonyl (C=O) groups is 1. The number of anilines is 1. The number of carbonyl (C=O) groups excluding carboxylic acids is 1. The van der Waals surface area contributed by atoms with Crippen molar-refractivity contribution in [1.82, 2.24) is 0 Å². The largest absolute Gasteiger partial charge is 0.372 e. The van der Waals surface area contributed by atoms with Crippen molar-refractivity contribution in [3.63, 3.8) is 0 Å². The van der Waals surface area contributed by atoms with Gasteiger partial charge in [-0.25, -0.2) is 0 Å². The van der Waals surface area contributed by atoms with Gasteiger partial charge >= 0.3 is 0 Å². The van der Waals surface area contributed by atoms with E-state index in [1.165, 1.54) is 0 Å². The normalized spacial score (nSPS) is 10.2. The summed E-state index contributed by atoms with van der Waals surface area (Å²) in [5, 5.41) is 0. The molecular weight excluding hydrogens is 204 g/mol. The number of hydrogen-bond donors (Lipinski definition) is 1. The number of hydrogen-bond acceptors (Lipinski definition) is 3. The molecule has 0 radical (unpaired) electrons. The Morgan fingerprint density at radius 2 is 2.00 bits per heavy atom. The summed E-state index contributed by atoms with van der Waals surface area (Å²) in [5.74, 6) is -0.0534. The van der Waals surface area contributed by atoms with Crippen molar-refractivity contribution in [2.45, 2.75) is 13.5 Å². The molecule has 1 amide bonds. The van der Waals surface area contributed by atoms with Crippen molar-refractivity contribution >= 4 is 11.6 Å². The van der Waals surface area contributed by atoms with Gasteiger partial charge in [0.2, 0.25) is 0 Å². The molecule has 0 aromatic heterocycles. The number of nitrogens with two attached hydrogens (primary N) is 1. The average Bonchev–Trinajstić information content (AvgIpc) is 2.35. The fourth-order valence-electron chi connectivity index (χ4n) is 1.29. The Balaban J connectivity index is 2.64. The molecular formula is C12H18N2O2. The van der Waals surface area contributed by atoms with Crippen molar-refractivity contribution in [2.75, 3.05) is 25.2 Å². The highest BCUT2D eigenvalue weighted by Crippen LogP contribution is 2.13. The van der Waals surface area contributed by atoms with Gasteiger partial charge in [-0.05, 0) is 24.6 Å². The standard InChI is InChI=1S/C12H18N2O2/c1-3-16-9-12(15)14(2)11-6-4-10(8-13)5-7-11/h4-7H,3,8-9,13H2,1-2H3. The lowest BCUT2D eigenvalue weighted by Crippen LogP contribution is -2.30. The van der Waals surface area contributed by atoms with Gasteiger partial charge in [0.25, 0.3) is 5.91 Å². The molecule has 0 heterocycles. The summed E-state index contributed by atoms with van der Waals surface area (Å²) >= 11 is 0. The highest BCUT2D eigenvalue weighted by Gasteiger charge is 2.10. The lowest BCUT2D eigenvalue weighted by atomic mass is 10.2. The van der Waals surface area contributed by atoms with E-state index in [9.17, 15) is 4.79 Å². The van der Waals surface area contributed by atoms with Gasteiger partial charge in [-0.2, -0.15) is 0 Å². The van der Waals surface area contributed by atoms with Crippen molar-refractivity contribution in [3.05, 3.63) is 29.8 Å². The first-order valence-corrected chi connectivity index (χ1v) is 5.32. The number of likely N-dealkylation sites (N-methyl/N-ethyl adjacent to an activating group) is 1. The minimum absolute atomic E-state index is 0.0534. The maximum atomic E-state index is 11.6. The fourth-order valence-corrected chi connectivity index (χ4v) is 1.29. The molecule has 88 valence electrons. The van der Waals surface area contributed by atoms with E-state index in [1.807, 2.05) is 31.2 Å². The molecule has 0 aliphatic rings. The molecule has 4 heteroatoms. The number of nitrogens with zero attached hydrogens (tertiary/aromatic N) is 1. The maximum Gasteiger partial charge on any atom is 0.252 e. The van der Waals surface area contributed by atoms with E-state index in [2.05, 4.69) is 0 Å². The molecule has 0 saturated heterocycles. The third kappa shape index (κ3) is 3.32. The second-order valence-electron chi connectivity index (χ2n) is 3.46. The Morgan fingerprint density at radius 3 is 2.50 bits per heavy atom. The first-order valence-electron chi connectivity index (χ1n) is 5.32. The van der Waals surface area contributed by atoms with E-state index in [0.717, 1.165) is 11.3 Å². The second kappa shape index (κ2) is 6.25. The van der Waals surface area contributed by atoms with Crippen LogP contribution in [-0.4, -0.2) is 26.2 Å². The molecule has 0 bridgehead atoms. The van der Waals surface area contributed by atoms with Crippen LogP contribution in [0.1, 0.15) is 12.5 Å². The van der Waals surface area contributed by atoms with Crippen molar-refractivity contribution in [3.8, 4) is 0 Å². The minimum Gasteiger partial charge on any atom is -0.372 e. The Hall–Kier alpha value is -1.39. The summed E-state index contributed by atoms with van der Waals surface area (Å²) in [6.07, 6.45) is 0. The van der Waals surface area contributed by atoms with E-state index in [-0.39, 0.29) is 12.5 Å². The number of amides is 1. The summed E-state index contributed by atoms with van der Waals surface area (Å²) in [6.45, 7) is 3.04. The van der Waals surface area contributed by atoms with E-state index in [0.29, 0.717) is 13.2 Å². The van der Waals surface area contributed by atoms with Crippen molar-refractivity contribution < 1.29 is 9.53 Å². The zero-order valence-electron chi connectivity index (χ0n) is 9.77. The lowest BCUT2D eigenvalue weighted by molar-refractivity contribution is -0.122. The molecule has 0 fully saturated rings. The molecule has 16 heavy (non-hydrogen) atoms. The topological polar surface area (TPSA) is 55.6 Å². The van der Waals surface area contributed by atoms with Gasteiger partial charge in [0, 0.05) is 25.9 Å². The molecule has 1 aromatic rings. The van der Waals surface area contributed by atoms with Gasteiger partial charge in [-0.15, -0.1) is 0 Å². The lowest BCUT2D eigenvalue weighted by Gasteiger charge is -2.17. The molecule has 1 aromatic carbocycles. The van der Waals surface area contributed by atoms with Crippen LogP contribution in [0.5, 0.6) is 0 Å². The van der Waals surface area contributed by atoms with Crippen LogP contribution < -0.4 is 10.6 Å². The molecule has 4 nitrogen and oxygen atoms in total. The molecule has 0 atom stereocenters. The summed E-state index contributed by atoms with van der Waals surface area (Å²) in [4.78, 5) is 13.2. The quantitative estimate of drug-likeness (QED) is 0.813. The van der Waals surface area contributed by atoms with E-state index >= 15 is 0 Å². The molecule has 0 saturated carbocycles. The second-order valence-corrected chi connectivity index (χ2v) is 3.46. The van der Waals surface area contributed by atoms with Gasteiger partial charge in [-0.1, -0.05) is 12.1 Å². The van der Waals surface area contributed by atoms with E-state index in [4.69, 9.17) is 10.5 Å². The van der Waals surface area contributed by atoms with Crippen LogP contribution in [0.25, 0.3) is 0 Å². The molecule has 1 rings (SSSR count). The summed E-state index contributed by atoms with van der Waals surface area (Å²) in [6, 6.07) is 7.59. The van der Waals surface area contributed by atoms with E-state index in [1.54, 1.807) is 11.9 Å². The fraction of sp³-hybridized carbons (Fsp3) is 0.417. The monoisotopic (exact) mass is 222 g/mol. The zero-order valence-corrected chi connectivity index (χ0v) is 9.77. The van der Waals surface area contributed by atoms with Gasteiger partial charge in [-0.3, -0.25) is 4.79 Å². The number of rotatable bonds is 5. The summed E-state index contributed by atoms with van der Waals surface area (Å²) in [7, 11) is 1.73. The Labute approximate surface area is 96.0 Å². The maximum absolute atomic E-state index is 11.6. The van der Waals surface area contributed by atoms with Gasteiger partial charge in [0.15, 0.2) is 0 Å². The highest BCUT2D eigenvalue weighted by atomic mass is 16.5. The predicted octanol–water partition coefficient (Wildman–Crippen LogP) is 1.14. The zero-order chi connectivity index (χ0) is 12.0. The summed E-state index contributed by atoms with van der Waals surface area (Å²) < 4.78 is 5.07. The van der Waals surface area contributed by atoms with E-state index < -0.39 is 0 Å². The van der Waals surface area contributed by atoms with Gasteiger partial charge in [0.1, 0.15) is 6.61 Å². The smallest absolute Gasteiger partial charge is 0.252 e. The van der Waals surface area contributed by atoms with Crippen LogP contribution in [0.3, 0.4) is 0 Å². The van der Waals surface area contributed by atoms with Crippen molar-refractivity contribution in [2.24, 2.45) is 5.73 Å². The molecule has 0 aliphatic heterocycles. The summed E-state index contributed by atoms with van der Waals surface area (Å²) in [5.41, 5.74) is 7.40. The van der Waals surface area contributed by atoms with Crippen LogP contribution in [0.4, 0.5) is 5.69 Å². The Bertz CT molecular complexity index is 335. The molecule has 0 spiro atoms. The van der Waals surface area contributed by atoms with Crippen LogP contribution in [0.15, 0.2) is 24.3 Å². The third-order valence-corrected chi connectivity index (χ3v) is 2.36. The third-order valence-electron chi connectivity index (χ3n) is 2.36. The first-order chi connectivity index (χ1) is 7.69. The van der Waals surface area contributed by atoms with Crippen LogP contribution in [-0.2, 0) is 16.1 Å². The minimum atomic E-state index is -0.0534. The SMILES string of the molecule is CCOCC(=O)N(C)c1ccc(CN)cc1.